The van der Waals surface area contributed by atoms with Crippen LogP contribution in [-0.2, 0) is 4.74 Å². The lowest BCUT2D eigenvalue weighted by atomic mass is 9.72. The normalized spacial score (nSPS) is 38.3. The number of thiol groups is 1. The summed E-state index contributed by atoms with van der Waals surface area (Å²) in [5.41, 5.74) is -0.465. The molecule has 0 N–H and O–H groups in total. The van der Waals surface area contributed by atoms with Gasteiger partial charge in [-0.25, -0.2) is 0 Å². The average molecular weight is 157 g/mol. The number of methoxy groups -OCH3 is 1. The third kappa shape index (κ3) is 1.14. The molecule has 1 fully saturated rings. The Balaban J connectivity index is 2.41. The molecule has 2 nitrogen and oxygen atoms in total. The molecular weight excluding hydrogens is 146 g/mol. The number of hydrogen-bond acceptors (Lipinski definition) is 3. The number of rotatable bonds is 2. The Morgan fingerprint density at radius 2 is 2.40 bits per heavy atom. The van der Waals surface area contributed by atoms with E-state index in [-0.39, 0.29) is 0 Å². The molecule has 56 valence electrons. The maximum absolute atomic E-state index is 8.65. The van der Waals surface area contributed by atoms with Crippen molar-refractivity contribution in [3.63, 3.8) is 0 Å². The molecule has 10 heavy (non-hydrogen) atoms. The van der Waals surface area contributed by atoms with Gasteiger partial charge in [0, 0.05) is 7.11 Å². The molecule has 0 saturated heterocycles. The van der Waals surface area contributed by atoms with Crippen molar-refractivity contribution in [1.29, 1.82) is 5.26 Å². The van der Waals surface area contributed by atoms with Crippen LogP contribution in [0.15, 0.2) is 0 Å². The van der Waals surface area contributed by atoms with Crippen LogP contribution in [0, 0.1) is 17.2 Å². The molecule has 1 rings (SSSR count). The van der Waals surface area contributed by atoms with Crippen molar-refractivity contribution >= 4 is 12.6 Å². The van der Waals surface area contributed by atoms with Crippen molar-refractivity contribution < 1.29 is 4.74 Å². The molecular formula is C7H11NOS. The summed E-state index contributed by atoms with van der Waals surface area (Å²) in [5.74, 6) is 1.45. The number of hydrogen-bond donors (Lipinski definition) is 1. The maximum atomic E-state index is 8.65. The van der Waals surface area contributed by atoms with E-state index in [9.17, 15) is 0 Å². The Hall–Kier alpha value is -0.200. The fourth-order valence-electron chi connectivity index (χ4n) is 1.31. The van der Waals surface area contributed by atoms with Crippen molar-refractivity contribution in [2.45, 2.75) is 18.4 Å². The van der Waals surface area contributed by atoms with Crippen molar-refractivity contribution in [3.8, 4) is 6.07 Å². The quantitative estimate of drug-likeness (QED) is 0.612. The molecule has 0 spiro atoms. The molecule has 0 aromatic heterocycles. The second-order valence-electron chi connectivity index (χ2n) is 2.77. The summed E-state index contributed by atoms with van der Waals surface area (Å²) in [7, 11) is 1.60. The van der Waals surface area contributed by atoms with Gasteiger partial charge >= 0.3 is 0 Å². The lowest BCUT2D eigenvalue weighted by Crippen LogP contribution is -2.44. The zero-order valence-corrected chi connectivity index (χ0v) is 6.90. The van der Waals surface area contributed by atoms with Crippen LogP contribution < -0.4 is 0 Å². The standard InChI is InChI=1S/C7H11NOS/c1-9-7(5-8)2-6(3-7)4-10/h6,10H,2-4H2,1H3. The molecule has 0 radical (unpaired) electrons. The molecule has 0 unspecified atom stereocenters. The van der Waals surface area contributed by atoms with E-state index in [2.05, 4.69) is 18.7 Å². The SMILES string of the molecule is COC1(C#N)CC(CS)C1. The highest BCUT2D eigenvalue weighted by atomic mass is 32.1. The van der Waals surface area contributed by atoms with Gasteiger partial charge in [0.1, 0.15) is 0 Å². The van der Waals surface area contributed by atoms with Crippen molar-refractivity contribution in [2.75, 3.05) is 12.9 Å². The molecule has 0 atom stereocenters. The number of nitrogens with zero attached hydrogens (tertiary/aromatic N) is 1. The molecule has 0 heterocycles. The maximum Gasteiger partial charge on any atom is 0.154 e. The summed E-state index contributed by atoms with van der Waals surface area (Å²) in [6.07, 6.45) is 1.70. The Morgan fingerprint density at radius 3 is 2.70 bits per heavy atom. The van der Waals surface area contributed by atoms with Gasteiger partial charge in [-0.05, 0) is 24.5 Å². The Kier molecular flexibility index (Phi) is 2.22. The molecule has 1 saturated carbocycles. The predicted octanol–water partition coefficient (Wildman–Crippen LogP) is 1.23. The van der Waals surface area contributed by atoms with Crippen LogP contribution in [0.4, 0.5) is 0 Å². The second-order valence-corrected chi connectivity index (χ2v) is 3.13. The summed E-state index contributed by atoms with van der Waals surface area (Å²) >= 11 is 4.14. The van der Waals surface area contributed by atoms with Crippen LogP contribution in [0.5, 0.6) is 0 Å². The zero-order chi connectivity index (χ0) is 7.61. The highest BCUT2D eigenvalue weighted by Crippen LogP contribution is 2.40. The van der Waals surface area contributed by atoms with Crippen molar-refractivity contribution in [3.05, 3.63) is 0 Å². The van der Waals surface area contributed by atoms with Gasteiger partial charge in [0.25, 0.3) is 0 Å². The van der Waals surface area contributed by atoms with Crippen LogP contribution >= 0.6 is 12.6 Å². The minimum atomic E-state index is -0.465. The molecule has 0 bridgehead atoms. The van der Waals surface area contributed by atoms with E-state index in [1.54, 1.807) is 7.11 Å². The van der Waals surface area contributed by atoms with Crippen LogP contribution in [-0.4, -0.2) is 18.5 Å². The minimum Gasteiger partial charge on any atom is -0.363 e. The van der Waals surface area contributed by atoms with E-state index in [1.807, 2.05) is 0 Å². The highest BCUT2D eigenvalue weighted by Gasteiger charge is 2.44. The first-order valence-electron chi connectivity index (χ1n) is 3.33. The summed E-state index contributed by atoms with van der Waals surface area (Å²) in [6.45, 7) is 0. The molecule has 1 aliphatic carbocycles. The summed E-state index contributed by atoms with van der Waals surface area (Å²) in [6, 6.07) is 2.17. The molecule has 0 aliphatic heterocycles. The fraction of sp³-hybridized carbons (Fsp3) is 0.857. The van der Waals surface area contributed by atoms with Gasteiger partial charge in [0.05, 0.1) is 6.07 Å². The summed E-state index contributed by atoms with van der Waals surface area (Å²) < 4.78 is 5.06. The first kappa shape index (κ1) is 7.90. The van der Waals surface area contributed by atoms with E-state index in [0.29, 0.717) is 5.92 Å². The monoisotopic (exact) mass is 157 g/mol. The average Bonchev–Trinajstić information content (AvgIpc) is 1.89. The third-order valence-corrected chi connectivity index (χ3v) is 2.61. The van der Waals surface area contributed by atoms with Gasteiger partial charge in [-0.2, -0.15) is 17.9 Å². The minimum absolute atomic E-state index is 0.465. The smallest absolute Gasteiger partial charge is 0.154 e. The summed E-state index contributed by atoms with van der Waals surface area (Å²) in [4.78, 5) is 0. The lowest BCUT2D eigenvalue weighted by Gasteiger charge is -2.40. The molecule has 0 amide bonds. The van der Waals surface area contributed by atoms with Crippen molar-refractivity contribution in [1.82, 2.24) is 0 Å². The first-order chi connectivity index (χ1) is 4.76. The van der Waals surface area contributed by atoms with Crippen LogP contribution in [0.2, 0.25) is 0 Å². The largest absolute Gasteiger partial charge is 0.363 e. The number of ether oxygens (including phenoxy) is 1. The van der Waals surface area contributed by atoms with E-state index in [4.69, 9.17) is 10.00 Å². The van der Waals surface area contributed by atoms with Gasteiger partial charge in [-0.3, -0.25) is 0 Å². The van der Waals surface area contributed by atoms with Crippen LogP contribution in [0.3, 0.4) is 0 Å². The van der Waals surface area contributed by atoms with Gasteiger partial charge in [-0.1, -0.05) is 0 Å². The molecule has 0 aromatic carbocycles. The molecule has 0 aromatic rings. The van der Waals surface area contributed by atoms with E-state index < -0.39 is 5.60 Å². The third-order valence-electron chi connectivity index (χ3n) is 2.09. The van der Waals surface area contributed by atoms with Gasteiger partial charge in [0.2, 0.25) is 0 Å². The Labute approximate surface area is 66.6 Å². The van der Waals surface area contributed by atoms with E-state index >= 15 is 0 Å². The lowest BCUT2D eigenvalue weighted by molar-refractivity contribution is -0.0529. The first-order valence-corrected chi connectivity index (χ1v) is 3.97. The van der Waals surface area contributed by atoms with E-state index in [1.165, 1.54) is 0 Å². The van der Waals surface area contributed by atoms with Gasteiger partial charge < -0.3 is 4.74 Å². The van der Waals surface area contributed by atoms with Gasteiger partial charge in [0.15, 0.2) is 5.60 Å². The Morgan fingerprint density at radius 1 is 1.80 bits per heavy atom. The van der Waals surface area contributed by atoms with Crippen LogP contribution in [0.25, 0.3) is 0 Å². The second kappa shape index (κ2) is 2.81. The number of nitriles is 1. The predicted molar refractivity (Wildman–Crippen MR) is 41.9 cm³/mol. The van der Waals surface area contributed by atoms with E-state index in [0.717, 1.165) is 18.6 Å². The van der Waals surface area contributed by atoms with Crippen LogP contribution in [0.1, 0.15) is 12.8 Å². The topological polar surface area (TPSA) is 33.0 Å². The van der Waals surface area contributed by atoms with Crippen molar-refractivity contribution in [2.24, 2.45) is 5.92 Å². The zero-order valence-electron chi connectivity index (χ0n) is 6.00. The highest BCUT2D eigenvalue weighted by molar-refractivity contribution is 7.80. The fourth-order valence-corrected chi connectivity index (χ4v) is 1.56. The Bertz CT molecular complexity index is 157. The molecule has 3 heteroatoms. The molecule has 1 aliphatic rings. The summed E-state index contributed by atoms with van der Waals surface area (Å²) in [5, 5.41) is 8.65. The van der Waals surface area contributed by atoms with Gasteiger partial charge in [-0.15, -0.1) is 0 Å².